The summed E-state index contributed by atoms with van der Waals surface area (Å²) in [4.78, 5) is 13.7. The number of hydrogen-bond donors (Lipinski definition) is 0. The molecule has 3 nitrogen and oxygen atoms in total. The van der Waals surface area contributed by atoms with E-state index in [-0.39, 0.29) is 5.97 Å². The number of ether oxygens (including phenoxy) is 1. The molecule has 0 aromatic rings. The third-order valence-corrected chi connectivity index (χ3v) is 3.20. The normalized spacial score (nSPS) is 19.2. The summed E-state index contributed by atoms with van der Waals surface area (Å²) in [5, 5.41) is 0. The van der Waals surface area contributed by atoms with Crippen molar-refractivity contribution in [3.63, 3.8) is 0 Å². The van der Waals surface area contributed by atoms with Crippen molar-refractivity contribution in [2.45, 2.75) is 32.7 Å². The third kappa shape index (κ3) is 3.06. The number of rotatable bonds is 3. The van der Waals surface area contributed by atoms with Crippen LogP contribution in [0.3, 0.4) is 0 Å². The zero-order valence-corrected chi connectivity index (χ0v) is 9.95. The van der Waals surface area contributed by atoms with Crippen LogP contribution in [0.5, 0.6) is 0 Å². The van der Waals surface area contributed by atoms with E-state index < -0.39 is 0 Å². The van der Waals surface area contributed by atoms with Gasteiger partial charge in [-0.05, 0) is 45.7 Å². The van der Waals surface area contributed by atoms with Gasteiger partial charge in [0.2, 0.25) is 0 Å². The molecule has 0 amide bonds. The average molecular weight is 211 g/mol. The van der Waals surface area contributed by atoms with Crippen molar-refractivity contribution < 1.29 is 9.53 Å². The van der Waals surface area contributed by atoms with Crippen LogP contribution in [0.2, 0.25) is 0 Å². The van der Waals surface area contributed by atoms with Crippen molar-refractivity contribution in [3.8, 4) is 0 Å². The Kier molecular flexibility index (Phi) is 4.33. The molecule has 1 saturated heterocycles. The van der Waals surface area contributed by atoms with Crippen molar-refractivity contribution in [2.75, 3.05) is 20.2 Å². The first kappa shape index (κ1) is 12.2. The molecule has 0 radical (unpaired) electrons. The van der Waals surface area contributed by atoms with Crippen LogP contribution in [-0.2, 0) is 9.53 Å². The van der Waals surface area contributed by atoms with E-state index in [1.54, 1.807) is 0 Å². The van der Waals surface area contributed by atoms with Gasteiger partial charge in [0.1, 0.15) is 0 Å². The molecule has 0 aromatic carbocycles. The van der Waals surface area contributed by atoms with Crippen LogP contribution in [-0.4, -0.2) is 37.1 Å². The van der Waals surface area contributed by atoms with Crippen LogP contribution in [0.1, 0.15) is 26.7 Å². The molecular weight excluding hydrogens is 190 g/mol. The second kappa shape index (κ2) is 5.31. The van der Waals surface area contributed by atoms with Crippen LogP contribution in [0.15, 0.2) is 12.2 Å². The molecule has 3 heteroatoms. The quantitative estimate of drug-likeness (QED) is 0.527. The lowest BCUT2D eigenvalue weighted by atomic mass is 9.89. The molecular formula is C12H21NO2. The predicted molar refractivity (Wildman–Crippen MR) is 60.6 cm³/mol. The van der Waals surface area contributed by atoms with Gasteiger partial charge in [-0.1, -0.05) is 6.58 Å². The van der Waals surface area contributed by atoms with E-state index in [2.05, 4.69) is 30.1 Å². The molecule has 1 aliphatic rings. The van der Waals surface area contributed by atoms with E-state index in [0.717, 1.165) is 25.9 Å². The van der Waals surface area contributed by atoms with Gasteiger partial charge in [0.25, 0.3) is 0 Å². The molecule has 0 atom stereocenters. The second-order valence-electron chi connectivity index (χ2n) is 4.42. The summed E-state index contributed by atoms with van der Waals surface area (Å²) in [6, 6.07) is 0.595. The van der Waals surface area contributed by atoms with Gasteiger partial charge in [-0.3, -0.25) is 0 Å². The van der Waals surface area contributed by atoms with E-state index in [4.69, 9.17) is 0 Å². The summed E-state index contributed by atoms with van der Waals surface area (Å²) >= 11 is 0. The lowest BCUT2D eigenvalue weighted by molar-refractivity contribution is -0.136. The van der Waals surface area contributed by atoms with E-state index in [1.807, 2.05) is 0 Å². The predicted octanol–water partition coefficient (Wildman–Crippen LogP) is 1.84. The van der Waals surface area contributed by atoms with Crippen molar-refractivity contribution in [2.24, 2.45) is 5.92 Å². The zero-order valence-electron chi connectivity index (χ0n) is 9.95. The number of piperidine rings is 1. The molecule has 0 bridgehead atoms. The molecule has 0 spiro atoms. The van der Waals surface area contributed by atoms with Gasteiger partial charge in [-0.15, -0.1) is 0 Å². The smallest absolute Gasteiger partial charge is 0.333 e. The fourth-order valence-corrected chi connectivity index (χ4v) is 2.06. The monoisotopic (exact) mass is 211 g/mol. The second-order valence-corrected chi connectivity index (χ2v) is 4.42. The Balaban J connectivity index is 2.44. The zero-order chi connectivity index (χ0) is 11.4. The highest BCUT2D eigenvalue weighted by molar-refractivity contribution is 5.88. The minimum atomic E-state index is -0.252. The fraction of sp³-hybridized carbons (Fsp3) is 0.750. The van der Waals surface area contributed by atoms with Crippen molar-refractivity contribution in [1.82, 2.24) is 4.90 Å². The molecule has 1 aliphatic heterocycles. The van der Waals surface area contributed by atoms with Gasteiger partial charge in [-0.25, -0.2) is 4.79 Å². The van der Waals surface area contributed by atoms with E-state index >= 15 is 0 Å². The average Bonchev–Trinajstić information content (AvgIpc) is 2.27. The summed E-state index contributed by atoms with van der Waals surface area (Å²) in [5.74, 6) is 0.0606. The fourth-order valence-electron chi connectivity index (χ4n) is 2.06. The number of likely N-dealkylation sites (tertiary alicyclic amines) is 1. The number of nitrogens with zero attached hydrogens (tertiary/aromatic N) is 1. The first-order valence-corrected chi connectivity index (χ1v) is 5.57. The molecule has 1 heterocycles. The van der Waals surface area contributed by atoms with Gasteiger partial charge in [0.05, 0.1) is 7.11 Å². The lowest BCUT2D eigenvalue weighted by Crippen LogP contribution is -2.39. The summed E-state index contributed by atoms with van der Waals surface area (Å²) in [6.07, 6.45) is 2.04. The lowest BCUT2D eigenvalue weighted by Gasteiger charge is -2.34. The van der Waals surface area contributed by atoms with Gasteiger partial charge < -0.3 is 9.64 Å². The van der Waals surface area contributed by atoms with Gasteiger partial charge in [0.15, 0.2) is 0 Å². The number of methoxy groups -OCH3 is 1. The maximum absolute atomic E-state index is 11.3. The molecule has 0 saturated carbocycles. The largest absolute Gasteiger partial charge is 0.466 e. The number of carbonyl (C=O) groups excluding carboxylic acids is 1. The van der Waals surface area contributed by atoms with Gasteiger partial charge >= 0.3 is 5.97 Å². The summed E-state index contributed by atoms with van der Waals surface area (Å²) in [7, 11) is 1.41. The van der Waals surface area contributed by atoms with Crippen LogP contribution in [0.25, 0.3) is 0 Å². The molecule has 15 heavy (non-hydrogen) atoms. The molecule has 1 fully saturated rings. The maximum Gasteiger partial charge on any atom is 0.333 e. The molecule has 0 aromatic heterocycles. The van der Waals surface area contributed by atoms with E-state index in [0.29, 0.717) is 17.5 Å². The third-order valence-electron chi connectivity index (χ3n) is 3.20. The number of hydrogen-bond acceptors (Lipinski definition) is 3. The number of esters is 1. The van der Waals surface area contributed by atoms with Crippen LogP contribution in [0, 0.1) is 5.92 Å². The summed E-state index contributed by atoms with van der Waals surface area (Å²) < 4.78 is 4.69. The van der Waals surface area contributed by atoms with E-state index in [1.165, 1.54) is 7.11 Å². The van der Waals surface area contributed by atoms with Crippen LogP contribution < -0.4 is 0 Å². The SMILES string of the molecule is C=C(C(=O)OC)C1CCN(C(C)C)CC1. The Labute approximate surface area is 92.1 Å². The highest BCUT2D eigenvalue weighted by Gasteiger charge is 2.25. The van der Waals surface area contributed by atoms with Gasteiger partial charge in [-0.2, -0.15) is 0 Å². The minimum absolute atomic E-state index is 0.252. The Morgan fingerprint density at radius 3 is 2.33 bits per heavy atom. The number of carbonyl (C=O) groups is 1. The molecule has 1 rings (SSSR count). The van der Waals surface area contributed by atoms with Crippen molar-refractivity contribution >= 4 is 5.97 Å². The Morgan fingerprint density at radius 2 is 1.93 bits per heavy atom. The first-order valence-electron chi connectivity index (χ1n) is 5.57. The summed E-state index contributed by atoms with van der Waals surface area (Å²) in [5.41, 5.74) is 0.640. The van der Waals surface area contributed by atoms with Crippen LogP contribution in [0.4, 0.5) is 0 Å². The van der Waals surface area contributed by atoms with Gasteiger partial charge in [0, 0.05) is 11.6 Å². The maximum atomic E-state index is 11.3. The highest BCUT2D eigenvalue weighted by Crippen LogP contribution is 2.25. The Bertz CT molecular complexity index is 240. The van der Waals surface area contributed by atoms with Crippen LogP contribution >= 0.6 is 0 Å². The Hall–Kier alpha value is -0.830. The van der Waals surface area contributed by atoms with Crippen molar-refractivity contribution in [3.05, 3.63) is 12.2 Å². The minimum Gasteiger partial charge on any atom is -0.466 e. The standard InChI is InChI=1S/C12H21NO2/c1-9(2)13-7-5-11(6-8-13)10(3)12(14)15-4/h9,11H,3,5-8H2,1-2,4H3. The molecule has 0 N–H and O–H groups in total. The van der Waals surface area contributed by atoms with E-state index in [9.17, 15) is 4.79 Å². The topological polar surface area (TPSA) is 29.5 Å². The molecule has 0 aliphatic carbocycles. The first-order chi connectivity index (χ1) is 7.06. The molecule has 0 unspecified atom stereocenters. The highest BCUT2D eigenvalue weighted by atomic mass is 16.5. The summed E-state index contributed by atoms with van der Waals surface area (Å²) in [6.45, 7) is 10.3. The van der Waals surface area contributed by atoms with Crippen molar-refractivity contribution in [1.29, 1.82) is 0 Å². The Morgan fingerprint density at radius 1 is 1.40 bits per heavy atom. The molecule has 86 valence electrons.